The molecule has 0 saturated carbocycles. The Bertz CT molecular complexity index is 496. The number of benzene rings is 1. The van der Waals surface area contributed by atoms with Gasteiger partial charge >= 0.3 is 0 Å². The van der Waals surface area contributed by atoms with Crippen LogP contribution in [0.25, 0.3) is 5.69 Å². The first-order chi connectivity index (χ1) is 7.96. The molecule has 0 unspecified atom stereocenters. The second kappa shape index (κ2) is 4.16. The lowest BCUT2D eigenvalue weighted by atomic mass is 10.2. The Hall–Kier alpha value is -1.91. The van der Waals surface area contributed by atoms with Gasteiger partial charge in [0.1, 0.15) is 11.4 Å². The van der Waals surface area contributed by atoms with Gasteiger partial charge in [-0.15, -0.1) is 5.10 Å². The molecule has 0 fully saturated rings. The SMILES string of the molecule is Cc1nnnn1-c1ccc(OC(C)(C)C)cc1. The third-order valence-electron chi connectivity index (χ3n) is 2.13. The minimum absolute atomic E-state index is 0.188. The molecule has 0 aliphatic heterocycles. The van der Waals surface area contributed by atoms with E-state index in [9.17, 15) is 0 Å². The van der Waals surface area contributed by atoms with Crippen LogP contribution in [0.4, 0.5) is 0 Å². The predicted molar refractivity (Wildman–Crippen MR) is 64.3 cm³/mol. The van der Waals surface area contributed by atoms with Gasteiger partial charge in [0.2, 0.25) is 0 Å². The smallest absolute Gasteiger partial charge is 0.153 e. The maximum absolute atomic E-state index is 5.74. The van der Waals surface area contributed by atoms with Gasteiger partial charge in [0.15, 0.2) is 5.82 Å². The summed E-state index contributed by atoms with van der Waals surface area (Å²) in [4.78, 5) is 0. The van der Waals surface area contributed by atoms with Crippen molar-refractivity contribution in [2.45, 2.75) is 33.3 Å². The highest BCUT2D eigenvalue weighted by Gasteiger charge is 2.11. The van der Waals surface area contributed by atoms with E-state index in [4.69, 9.17) is 4.74 Å². The first-order valence-electron chi connectivity index (χ1n) is 5.50. The molecule has 2 aromatic rings. The van der Waals surface area contributed by atoms with Crippen molar-refractivity contribution in [3.05, 3.63) is 30.1 Å². The molecule has 2 rings (SSSR count). The molecule has 0 aliphatic carbocycles. The zero-order chi connectivity index (χ0) is 12.5. The Morgan fingerprint density at radius 1 is 1.12 bits per heavy atom. The second-order valence-electron chi connectivity index (χ2n) is 4.85. The molecule has 5 heteroatoms. The van der Waals surface area contributed by atoms with E-state index in [1.807, 2.05) is 52.0 Å². The average molecular weight is 232 g/mol. The quantitative estimate of drug-likeness (QED) is 0.796. The van der Waals surface area contributed by atoms with Crippen LogP contribution < -0.4 is 4.74 Å². The summed E-state index contributed by atoms with van der Waals surface area (Å²) in [5, 5.41) is 11.4. The third-order valence-corrected chi connectivity index (χ3v) is 2.13. The number of aromatic nitrogens is 4. The number of rotatable bonds is 2. The van der Waals surface area contributed by atoms with E-state index in [2.05, 4.69) is 15.5 Å². The summed E-state index contributed by atoms with van der Waals surface area (Å²) in [7, 11) is 0. The van der Waals surface area contributed by atoms with Crippen molar-refractivity contribution in [3.63, 3.8) is 0 Å². The summed E-state index contributed by atoms with van der Waals surface area (Å²) in [5.41, 5.74) is 0.737. The van der Waals surface area contributed by atoms with Crippen LogP contribution in [0, 0.1) is 6.92 Å². The largest absolute Gasteiger partial charge is 0.488 e. The van der Waals surface area contributed by atoms with E-state index in [0.717, 1.165) is 17.3 Å². The molecule has 0 spiro atoms. The lowest BCUT2D eigenvalue weighted by Crippen LogP contribution is -2.22. The Morgan fingerprint density at radius 3 is 2.24 bits per heavy atom. The topological polar surface area (TPSA) is 52.8 Å². The number of tetrazole rings is 1. The van der Waals surface area contributed by atoms with E-state index in [0.29, 0.717) is 0 Å². The molecule has 0 N–H and O–H groups in total. The van der Waals surface area contributed by atoms with Gasteiger partial charge in [-0.05, 0) is 62.4 Å². The van der Waals surface area contributed by atoms with Crippen molar-refractivity contribution in [2.24, 2.45) is 0 Å². The minimum Gasteiger partial charge on any atom is -0.488 e. The van der Waals surface area contributed by atoms with E-state index >= 15 is 0 Å². The van der Waals surface area contributed by atoms with Crippen LogP contribution in [-0.4, -0.2) is 25.8 Å². The summed E-state index contributed by atoms with van der Waals surface area (Å²) in [6.07, 6.45) is 0. The molecule has 0 aliphatic rings. The molecule has 0 amide bonds. The fourth-order valence-electron chi connectivity index (χ4n) is 1.48. The Morgan fingerprint density at radius 2 is 1.76 bits per heavy atom. The van der Waals surface area contributed by atoms with Crippen molar-refractivity contribution in [3.8, 4) is 11.4 Å². The van der Waals surface area contributed by atoms with Crippen molar-refractivity contribution >= 4 is 0 Å². The van der Waals surface area contributed by atoms with Gasteiger partial charge in [-0.1, -0.05) is 0 Å². The van der Waals surface area contributed by atoms with Gasteiger partial charge in [0.25, 0.3) is 0 Å². The number of aryl methyl sites for hydroxylation is 1. The maximum Gasteiger partial charge on any atom is 0.153 e. The monoisotopic (exact) mass is 232 g/mol. The van der Waals surface area contributed by atoms with E-state index in [-0.39, 0.29) is 5.60 Å². The van der Waals surface area contributed by atoms with Gasteiger partial charge in [-0.25, -0.2) is 0 Å². The zero-order valence-corrected chi connectivity index (χ0v) is 10.5. The number of nitrogens with zero attached hydrogens (tertiary/aromatic N) is 4. The Balaban J connectivity index is 2.22. The highest BCUT2D eigenvalue weighted by molar-refractivity contribution is 5.37. The number of hydrogen-bond donors (Lipinski definition) is 0. The lowest BCUT2D eigenvalue weighted by molar-refractivity contribution is 0.131. The average Bonchev–Trinajstić information content (AvgIpc) is 2.63. The third kappa shape index (κ3) is 2.81. The van der Waals surface area contributed by atoms with Crippen LogP contribution in [0.3, 0.4) is 0 Å². The normalized spacial score (nSPS) is 11.5. The Labute approximate surface area is 100 Å². The van der Waals surface area contributed by atoms with Crippen molar-refractivity contribution in [1.29, 1.82) is 0 Å². The zero-order valence-electron chi connectivity index (χ0n) is 10.5. The van der Waals surface area contributed by atoms with E-state index in [1.54, 1.807) is 4.68 Å². The van der Waals surface area contributed by atoms with E-state index in [1.165, 1.54) is 0 Å². The van der Waals surface area contributed by atoms with Gasteiger partial charge in [-0.3, -0.25) is 0 Å². The highest BCUT2D eigenvalue weighted by Crippen LogP contribution is 2.19. The highest BCUT2D eigenvalue weighted by atomic mass is 16.5. The fraction of sp³-hybridized carbons (Fsp3) is 0.417. The number of ether oxygens (including phenoxy) is 1. The molecule has 1 heterocycles. The van der Waals surface area contributed by atoms with Gasteiger partial charge in [-0.2, -0.15) is 4.68 Å². The number of hydrogen-bond acceptors (Lipinski definition) is 4. The van der Waals surface area contributed by atoms with Crippen molar-refractivity contribution in [1.82, 2.24) is 20.2 Å². The van der Waals surface area contributed by atoms with Gasteiger partial charge in [0, 0.05) is 0 Å². The molecule has 1 aromatic heterocycles. The lowest BCUT2D eigenvalue weighted by Gasteiger charge is -2.21. The van der Waals surface area contributed by atoms with Crippen LogP contribution >= 0.6 is 0 Å². The van der Waals surface area contributed by atoms with Crippen molar-refractivity contribution in [2.75, 3.05) is 0 Å². The van der Waals surface area contributed by atoms with Crippen LogP contribution in [-0.2, 0) is 0 Å². The van der Waals surface area contributed by atoms with Crippen molar-refractivity contribution < 1.29 is 4.74 Å². The van der Waals surface area contributed by atoms with E-state index < -0.39 is 0 Å². The first-order valence-corrected chi connectivity index (χ1v) is 5.50. The molecular formula is C12H16N4O. The van der Waals surface area contributed by atoms with Gasteiger partial charge in [0.05, 0.1) is 5.69 Å². The summed E-state index contributed by atoms with van der Waals surface area (Å²) in [5.74, 6) is 1.60. The molecule has 0 atom stereocenters. The fourth-order valence-corrected chi connectivity index (χ4v) is 1.48. The molecule has 90 valence electrons. The van der Waals surface area contributed by atoms with Crippen LogP contribution in [0.2, 0.25) is 0 Å². The summed E-state index contributed by atoms with van der Waals surface area (Å²) in [6, 6.07) is 7.71. The minimum atomic E-state index is -0.188. The second-order valence-corrected chi connectivity index (χ2v) is 4.85. The standard InChI is InChI=1S/C12H16N4O/c1-9-13-14-15-16(9)10-5-7-11(8-6-10)17-12(2,3)4/h5-8H,1-4H3. The molecule has 0 saturated heterocycles. The molecular weight excluding hydrogens is 216 g/mol. The Kier molecular flexibility index (Phi) is 2.83. The maximum atomic E-state index is 5.74. The molecule has 0 bridgehead atoms. The van der Waals surface area contributed by atoms with Crippen LogP contribution in [0.5, 0.6) is 5.75 Å². The summed E-state index contributed by atoms with van der Waals surface area (Å²) >= 11 is 0. The van der Waals surface area contributed by atoms with Gasteiger partial charge < -0.3 is 4.74 Å². The molecule has 17 heavy (non-hydrogen) atoms. The molecule has 0 radical (unpaired) electrons. The molecule has 1 aromatic carbocycles. The van der Waals surface area contributed by atoms with Crippen LogP contribution in [0.1, 0.15) is 26.6 Å². The van der Waals surface area contributed by atoms with Crippen LogP contribution in [0.15, 0.2) is 24.3 Å². The first kappa shape index (κ1) is 11.6. The predicted octanol–water partition coefficient (Wildman–Crippen LogP) is 2.15. The summed E-state index contributed by atoms with van der Waals surface area (Å²) in [6.45, 7) is 7.92. The summed E-state index contributed by atoms with van der Waals surface area (Å²) < 4.78 is 7.42. The molecule has 5 nitrogen and oxygen atoms in total.